The summed E-state index contributed by atoms with van der Waals surface area (Å²) in [6, 6.07) is 6.23. The molecule has 0 spiro atoms. The predicted molar refractivity (Wildman–Crippen MR) is 81.7 cm³/mol. The van der Waals surface area contributed by atoms with E-state index in [0.29, 0.717) is 12.0 Å². The lowest BCUT2D eigenvalue weighted by Gasteiger charge is -2.22. The zero-order valence-corrected chi connectivity index (χ0v) is 13.0. The second kappa shape index (κ2) is 8.04. The van der Waals surface area contributed by atoms with Gasteiger partial charge in [0, 0.05) is 16.1 Å². The summed E-state index contributed by atoms with van der Waals surface area (Å²) in [5.74, 6) is 0.634. The summed E-state index contributed by atoms with van der Waals surface area (Å²) in [5.41, 5.74) is 1.15. The number of hydrogen-bond acceptors (Lipinski definition) is 1. The molecule has 0 fully saturated rings. The Morgan fingerprint density at radius 3 is 2.56 bits per heavy atom. The van der Waals surface area contributed by atoms with E-state index in [1.807, 2.05) is 18.2 Å². The first-order valence-electron chi connectivity index (χ1n) is 6.72. The maximum absolute atomic E-state index is 6.18. The van der Waals surface area contributed by atoms with Crippen molar-refractivity contribution >= 4 is 23.2 Å². The zero-order valence-electron chi connectivity index (χ0n) is 11.5. The van der Waals surface area contributed by atoms with Crippen molar-refractivity contribution in [3.63, 3.8) is 0 Å². The minimum Gasteiger partial charge on any atom is -0.314 e. The third-order valence-corrected chi connectivity index (χ3v) is 3.80. The molecule has 1 aromatic rings. The summed E-state index contributed by atoms with van der Waals surface area (Å²) >= 11 is 12.2. The fourth-order valence-electron chi connectivity index (χ4n) is 2.05. The summed E-state index contributed by atoms with van der Waals surface area (Å²) < 4.78 is 0. The van der Waals surface area contributed by atoms with E-state index < -0.39 is 0 Å². The van der Waals surface area contributed by atoms with E-state index >= 15 is 0 Å². The highest BCUT2D eigenvalue weighted by atomic mass is 35.5. The topological polar surface area (TPSA) is 12.0 Å². The van der Waals surface area contributed by atoms with Crippen molar-refractivity contribution < 1.29 is 0 Å². The van der Waals surface area contributed by atoms with Crippen molar-refractivity contribution in [2.75, 3.05) is 6.54 Å². The summed E-state index contributed by atoms with van der Waals surface area (Å²) in [5, 5.41) is 5.18. The van der Waals surface area contributed by atoms with Crippen LogP contribution in [-0.4, -0.2) is 12.6 Å². The van der Waals surface area contributed by atoms with Crippen molar-refractivity contribution in [3.05, 3.63) is 33.8 Å². The van der Waals surface area contributed by atoms with Crippen LogP contribution in [0.5, 0.6) is 0 Å². The van der Waals surface area contributed by atoms with Gasteiger partial charge in [0.05, 0.1) is 0 Å². The fraction of sp³-hybridized carbons (Fsp3) is 0.600. The van der Waals surface area contributed by atoms with Crippen LogP contribution >= 0.6 is 23.2 Å². The Labute approximate surface area is 121 Å². The molecule has 1 atom stereocenters. The van der Waals surface area contributed by atoms with Gasteiger partial charge < -0.3 is 5.32 Å². The molecule has 0 amide bonds. The third kappa shape index (κ3) is 5.17. The number of aryl methyl sites for hydroxylation is 1. The molecule has 0 aromatic heterocycles. The van der Waals surface area contributed by atoms with Crippen LogP contribution in [0.25, 0.3) is 0 Å². The van der Waals surface area contributed by atoms with Gasteiger partial charge in [-0.15, -0.1) is 0 Å². The second-order valence-electron chi connectivity index (χ2n) is 5.08. The standard InChI is InChI=1S/C15H23Cl2N/c1-4-9-18-15(11(2)3)8-5-12-10-13(16)6-7-14(12)17/h6-7,10-11,15,18H,4-5,8-9H2,1-3H3. The van der Waals surface area contributed by atoms with Gasteiger partial charge >= 0.3 is 0 Å². The molecular formula is C15H23Cl2N. The molecule has 0 aliphatic carbocycles. The molecule has 3 heteroatoms. The maximum Gasteiger partial charge on any atom is 0.0439 e. The highest BCUT2D eigenvalue weighted by molar-refractivity contribution is 6.33. The number of halogens is 2. The molecule has 1 aromatic carbocycles. The monoisotopic (exact) mass is 287 g/mol. The quantitative estimate of drug-likeness (QED) is 0.748. The van der Waals surface area contributed by atoms with Gasteiger partial charge in [-0.1, -0.05) is 44.0 Å². The van der Waals surface area contributed by atoms with Crippen LogP contribution < -0.4 is 5.32 Å². The van der Waals surface area contributed by atoms with Gasteiger partial charge in [-0.3, -0.25) is 0 Å². The molecule has 1 nitrogen and oxygen atoms in total. The van der Waals surface area contributed by atoms with Crippen LogP contribution in [0.3, 0.4) is 0 Å². The van der Waals surface area contributed by atoms with E-state index in [1.54, 1.807) is 0 Å². The van der Waals surface area contributed by atoms with Gasteiger partial charge in [0.15, 0.2) is 0 Å². The maximum atomic E-state index is 6.18. The number of benzene rings is 1. The second-order valence-corrected chi connectivity index (χ2v) is 5.92. The Morgan fingerprint density at radius 2 is 1.94 bits per heavy atom. The van der Waals surface area contributed by atoms with E-state index in [1.165, 1.54) is 6.42 Å². The number of hydrogen-bond donors (Lipinski definition) is 1. The van der Waals surface area contributed by atoms with Crippen LogP contribution in [0.2, 0.25) is 10.0 Å². The van der Waals surface area contributed by atoms with Gasteiger partial charge in [0.1, 0.15) is 0 Å². The van der Waals surface area contributed by atoms with Gasteiger partial charge in [0.25, 0.3) is 0 Å². The van der Waals surface area contributed by atoms with E-state index in [9.17, 15) is 0 Å². The Balaban J connectivity index is 2.58. The van der Waals surface area contributed by atoms with Crippen LogP contribution in [0.1, 0.15) is 39.2 Å². The Bertz CT molecular complexity index is 364. The number of rotatable bonds is 7. The van der Waals surface area contributed by atoms with Crippen LogP contribution in [-0.2, 0) is 6.42 Å². The van der Waals surface area contributed by atoms with Crippen molar-refractivity contribution in [1.82, 2.24) is 5.32 Å². The first kappa shape index (κ1) is 15.8. The third-order valence-electron chi connectivity index (χ3n) is 3.19. The average molecular weight is 288 g/mol. The van der Waals surface area contributed by atoms with Crippen molar-refractivity contribution in [3.8, 4) is 0 Å². The first-order valence-corrected chi connectivity index (χ1v) is 7.47. The minimum atomic E-state index is 0.542. The molecule has 0 aliphatic heterocycles. The largest absolute Gasteiger partial charge is 0.314 e. The Kier molecular flexibility index (Phi) is 7.06. The fourth-order valence-corrected chi connectivity index (χ4v) is 2.45. The van der Waals surface area contributed by atoms with Crippen molar-refractivity contribution in [2.45, 2.75) is 46.1 Å². The SMILES string of the molecule is CCCNC(CCc1cc(Cl)ccc1Cl)C(C)C. The lowest BCUT2D eigenvalue weighted by molar-refractivity contribution is 0.378. The lowest BCUT2D eigenvalue weighted by atomic mass is 9.96. The molecule has 0 bridgehead atoms. The minimum absolute atomic E-state index is 0.542. The van der Waals surface area contributed by atoms with E-state index in [2.05, 4.69) is 26.1 Å². The smallest absolute Gasteiger partial charge is 0.0439 e. The molecular weight excluding hydrogens is 265 g/mol. The summed E-state index contributed by atoms with van der Waals surface area (Å²) in [6.45, 7) is 7.78. The molecule has 0 saturated heterocycles. The molecule has 18 heavy (non-hydrogen) atoms. The molecule has 1 rings (SSSR count). The highest BCUT2D eigenvalue weighted by Gasteiger charge is 2.13. The molecule has 0 aliphatic rings. The van der Waals surface area contributed by atoms with E-state index in [0.717, 1.165) is 35.0 Å². The van der Waals surface area contributed by atoms with Crippen LogP contribution in [0.15, 0.2) is 18.2 Å². The van der Waals surface area contributed by atoms with Gasteiger partial charge in [0.2, 0.25) is 0 Å². The molecule has 102 valence electrons. The van der Waals surface area contributed by atoms with Crippen molar-refractivity contribution in [1.29, 1.82) is 0 Å². The van der Waals surface area contributed by atoms with Crippen LogP contribution in [0.4, 0.5) is 0 Å². The van der Waals surface area contributed by atoms with Gasteiger partial charge in [-0.05, 0) is 55.5 Å². The van der Waals surface area contributed by atoms with Crippen LogP contribution in [0, 0.1) is 5.92 Å². The Morgan fingerprint density at radius 1 is 1.22 bits per heavy atom. The van der Waals surface area contributed by atoms with E-state index in [-0.39, 0.29) is 0 Å². The van der Waals surface area contributed by atoms with Gasteiger partial charge in [-0.25, -0.2) is 0 Å². The zero-order chi connectivity index (χ0) is 13.5. The molecule has 0 saturated carbocycles. The highest BCUT2D eigenvalue weighted by Crippen LogP contribution is 2.23. The predicted octanol–water partition coefficient (Wildman–Crippen LogP) is 4.95. The summed E-state index contributed by atoms with van der Waals surface area (Å²) in [4.78, 5) is 0. The number of nitrogens with one attached hydrogen (secondary N) is 1. The molecule has 0 radical (unpaired) electrons. The van der Waals surface area contributed by atoms with Crippen molar-refractivity contribution in [2.24, 2.45) is 5.92 Å². The normalized spacial score (nSPS) is 13.0. The molecule has 1 unspecified atom stereocenters. The molecule has 0 heterocycles. The summed E-state index contributed by atoms with van der Waals surface area (Å²) in [7, 11) is 0. The average Bonchev–Trinajstić information content (AvgIpc) is 2.33. The molecule has 1 N–H and O–H groups in total. The first-order chi connectivity index (χ1) is 8.54. The van der Waals surface area contributed by atoms with E-state index in [4.69, 9.17) is 23.2 Å². The lowest BCUT2D eigenvalue weighted by Crippen LogP contribution is -2.34. The Hall–Kier alpha value is -0.240. The van der Waals surface area contributed by atoms with Gasteiger partial charge in [-0.2, -0.15) is 0 Å². The summed E-state index contributed by atoms with van der Waals surface area (Å²) in [6.07, 6.45) is 3.23.